The Hall–Kier alpha value is -1.10. The molecule has 0 saturated carbocycles. The van der Waals surface area contributed by atoms with E-state index in [2.05, 4.69) is 5.32 Å². The van der Waals surface area contributed by atoms with E-state index in [1.54, 1.807) is 0 Å². The van der Waals surface area contributed by atoms with Gasteiger partial charge < -0.3 is 15.2 Å². The number of rotatable bonds is 6. The third kappa shape index (κ3) is 7.23. The summed E-state index contributed by atoms with van der Waals surface area (Å²) < 4.78 is 5.24. The molecule has 0 heterocycles. The smallest absolute Gasteiger partial charge is 0.326 e. The summed E-state index contributed by atoms with van der Waals surface area (Å²) in [7, 11) is 0. The molecule has 2 N–H and O–H groups in total. The Bertz CT molecular complexity index is 245. The summed E-state index contributed by atoms with van der Waals surface area (Å²) in [6.45, 7) is 7.26. The van der Waals surface area contributed by atoms with Crippen molar-refractivity contribution in [3.63, 3.8) is 0 Å². The predicted octanol–water partition coefficient (Wildman–Crippen LogP) is 1.17. The lowest BCUT2D eigenvalue weighted by Crippen LogP contribution is -2.43. The van der Waals surface area contributed by atoms with E-state index < -0.39 is 23.5 Å². The van der Waals surface area contributed by atoms with E-state index in [0.717, 1.165) is 0 Å². The van der Waals surface area contributed by atoms with Crippen molar-refractivity contribution in [1.82, 2.24) is 5.32 Å². The fraction of sp³-hybridized carbons (Fsp3) is 0.818. The summed E-state index contributed by atoms with van der Waals surface area (Å²) in [4.78, 5) is 22.2. The summed E-state index contributed by atoms with van der Waals surface area (Å²) in [5.74, 6) is -1.40. The van der Waals surface area contributed by atoms with Gasteiger partial charge in [-0.2, -0.15) is 0 Å². The number of hydrogen-bond donors (Lipinski definition) is 2. The normalized spacial score (nSPS) is 13.2. The van der Waals surface area contributed by atoms with Crippen molar-refractivity contribution in [2.75, 3.05) is 6.61 Å². The molecule has 94 valence electrons. The molecule has 0 saturated heterocycles. The van der Waals surface area contributed by atoms with Crippen LogP contribution in [0.5, 0.6) is 0 Å². The lowest BCUT2D eigenvalue weighted by molar-refractivity contribution is -0.143. The number of amides is 1. The van der Waals surface area contributed by atoms with E-state index in [4.69, 9.17) is 9.84 Å². The molecule has 0 rings (SSSR count). The molecule has 0 bridgehead atoms. The molecule has 0 radical (unpaired) electrons. The van der Waals surface area contributed by atoms with E-state index in [-0.39, 0.29) is 6.61 Å². The van der Waals surface area contributed by atoms with Crippen molar-refractivity contribution in [2.45, 2.75) is 52.2 Å². The highest BCUT2D eigenvalue weighted by atomic mass is 16.5. The number of hydrogen-bond acceptors (Lipinski definition) is 3. The number of carbonyl (C=O) groups is 2. The van der Waals surface area contributed by atoms with Gasteiger partial charge in [0.25, 0.3) is 0 Å². The Morgan fingerprint density at radius 3 is 2.31 bits per heavy atom. The van der Waals surface area contributed by atoms with Crippen molar-refractivity contribution < 1.29 is 19.4 Å². The van der Waals surface area contributed by atoms with Gasteiger partial charge in [-0.3, -0.25) is 4.79 Å². The number of nitrogens with one attached hydrogen (secondary N) is 1. The van der Waals surface area contributed by atoms with Crippen LogP contribution in [0, 0.1) is 0 Å². The van der Waals surface area contributed by atoms with Crippen LogP contribution >= 0.6 is 0 Å². The molecule has 0 aliphatic carbocycles. The van der Waals surface area contributed by atoms with Crippen molar-refractivity contribution in [3.8, 4) is 0 Å². The average Bonchev–Trinajstić information content (AvgIpc) is 2.13. The van der Waals surface area contributed by atoms with Crippen molar-refractivity contribution in [2.24, 2.45) is 0 Å². The minimum absolute atomic E-state index is 0.114. The first-order valence-electron chi connectivity index (χ1n) is 5.42. The summed E-state index contributed by atoms with van der Waals surface area (Å²) in [6, 6.07) is -0.818. The number of carboxylic acids is 1. The Balaban J connectivity index is 4.05. The van der Waals surface area contributed by atoms with Crippen molar-refractivity contribution in [1.29, 1.82) is 0 Å². The molecular weight excluding hydrogens is 210 g/mol. The molecule has 16 heavy (non-hydrogen) atoms. The molecule has 0 aliphatic rings. The molecule has 5 heteroatoms. The molecular formula is C11H21NO4. The second-order valence-corrected chi connectivity index (χ2v) is 4.65. The van der Waals surface area contributed by atoms with Crippen LogP contribution in [0.1, 0.15) is 40.5 Å². The summed E-state index contributed by atoms with van der Waals surface area (Å²) >= 11 is 0. The minimum Gasteiger partial charge on any atom is -0.480 e. The fourth-order valence-corrected chi connectivity index (χ4v) is 1.06. The standard InChI is InChI=1S/C11H21NO4/c1-5-6-8(10(14)15)12-9(13)7-16-11(2,3)4/h8H,5-7H2,1-4H3,(H,12,13)(H,14,15). The largest absolute Gasteiger partial charge is 0.480 e. The average molecular weight is 231 g/mol. The van der Waals surface area contributed by atoms with Gasteiger partial charge in [0.1, 0.15) is 12.6 Å². The Kier molecular flexibility index (Phi) is 6.03. The molecule has 0 aromatic rings. The molecule has 0 aliphatic heterocycles. The summed E-state index contributed by atoms with van der Waals surface area (Å²) in [6.07, 6.45) is 1.13. The molecule has 1 atom stereocenters. The van der Waals surface area contributed by atoms with Crippen molar-refractivity contribution >= 4 is 11.9 Å². The quantitative estimate of drug-likeness (QED) is 0.719. The Morgan fingerprint density at radius 1 is 1.38 bits per heavy atom. The lowest BCUT2D eigenvalue weighted by Gasteiger charge is -2.20. The first kappa shape index (κ1) is 14.9. The Morgan fingerprint density at radius 2 is 1.94 bits per heavy atom. The first-order chi connectivity index (χ1) is 7.26. The summed E-state index contributed by atoms with van der Waals surface area (Å²) in [5, 5.41) is 11.3. The first-order valence-corrected chi connectivity index (χ1v) is 5.42. The van der Waals surface area contributed by atoms with Crippen LogP contribution in [0.2, 0.25) is 0 Å². The zero-order valence-electron chi connectivity index (χ0n) is 10.4. The molecule has 0 fully saturated rings. The molecule has 0 aromatic heterocycles. The maximum absolute atomic E-state index is 11.4. The highest BCUT2D eigenvalue weighted by Gasteiger charge is 2.20. The third-order valence-corrected chi connectivity index (χ3v) is 1.85. The van der Waals surface area contributed by atoms with Crippen LogP contribution < -0.4 is 5.32 Å². The van der Waals surface area contributed by atoms with E-state index in [1.165, 1.54) is 0 Å². The van der Waals surface area contributed by atoms with Crippen LogP contribution in [0.3, 0.4) is 0 Å². The van der Waals surface area contributed by atoms with Gasteiger partial charge in [0.05, 0.1) is 5.60 Å². The van der Waals surface area contributed by atoms with Crippen LogP contribution in [0.4, 0.5) is 0 Å². The van der Waals surface area contributed by atoms with Gasteiger partial charge in [0.2, 0.25) is 5.91 Å². The number of carbonyl (C=O) groups excluding carboxylic acids is 1. The van der Waals surface area contributed by atoms with E-state index in [9.17, 15) is 9.59 Å². The zero-order chi connectivity index (χ0) is 12.8. The number of ether oxygens (including phenoxy) is 1. The third-order valence-electron chi connectivity index (χ3n) is 1.85. The van der Waals surface area contributed by atoms with Gasteiger partial charge in [-0.05, 0) is 27.2 Å². The molecule has 1 amide bonds. The monoisotopic (exact) mass is 231 g/mol. The Labute approximate surface area is 96.2 Å². The van der Waals surface area contributed by atoms with E-state index in [0.29, 0.717) is 12.8 Å². The number of carboxylic acid groups (broad SMARTS) is 1. The molecule has 1 unspecified atom stereocenters. The summed E-state index contributed by atoms with van der Waals surface area (Å²) in [5.41, 5.74) is -0.402. The molecule has 5 nitrogen and oxygen atoms in total. The second kappa shape index (κ2) is 6.48. The van der Waals surface area contributed by atoms with Gasteiger partial charge in [0, 0.05) is 0 Å². The van der Waals surface area contributed by atoms with Crippen molar-refractivity contribution in [3.05, 3.63) is 0 Å². The fourth-order valence-electron chi connectivity index (χ4n) is 1.06. The zero-order valence-corrected chi connectivity index (χ0v) is 10.4. The topological polar surface area (TPSA) is 75.6 Å². The van der Waals surface area contributed by atoms with Gasteiger partial charge >= 0.3 is 5.97 Å². The molecule has 0 aromatic carbocycles. The highest BCUT2D eigenvalue weighted by Crippen LogP contribution is 2.06. The minimum atomic E-state index is -1.01. The predicted molar refractivity (Wildman–Crippen MR) is 60.2 cm³/mol. The second-order valence-electron chi connectivity index (χ2n) is 4.65. The van der Waals surface area contributed by atoms with E-state index >= 15 is 0 Å². The van der Waals surface area contributed by atoms with Crippen LogP contribution in [0.15, 0.2) is 0 Å². The van der Waals surface area contributed by atoms with Crippen LogP contribution in [-0.4, -0.2) is 35.2 Å². The highest BCUT2D eigenvalue weighted by molar-refractivity contribution is 5.84. The van der Waals surface area contributed by atoms with Crippen LogP contribution in [0.25, 0.3) is 0 Å². The molecule has 0 spiro atoms. The maximum atomic E-state index is 11.4. The van der Waals surface area contributed by atoms with Gasteiger partial charge in [-0.1, -0.05) is 13.3 Å². The number of aliphatic carboxylic acids is 1. The van der Waals surface area contributed by atoms with Gasteiger partial charge in [-0.15, -0.1) is 0 Å². The van der Waals surface area contributed by atoms with Gasteiger partial charge in [-0.25, -0.2) is 4.79 Å². The lowest BCUT2D eigenvalue weighted by atomic mass is 10.1. The van der Waals surface area contributed by atoms with Gasteiger partial charge in [0.15, 0.2) is 0 Å². The SMILES string of the molecule is CCCC(NC(=O)COC(C)(C)C)C(=O)O. The van der Waals surface area contributed by atoms with Crippen LogP contribution in [-0.2, 0) is 14.3 Å². The van der Waals surface area contributed by atoms with E-state index in [1.807, 2.05) is 27.7 Å². The maximum Gasteiger partial charge on any atom is 0.326 e.